The molecule has 0 aliphatic carbocycles. The van der Waals surface area contributed by atoms with Crippen molar-refractivity contribution < 1.29 is 38.1 Å². The van der Waals surface area contributed by atoms with E-state index in [0.717, 1.165) is 0 Å². The second-order valence-corrected chi connectivity index (χ2v) is 6.86. The van der Waals surface area contributed by atoms with Gasteiger partial charge in [0.2, 0.25) is 11.8 Å². The van der Waals surface area contributed by atoms with Crippen molar-refractivity contribution in [2.45, 2.75) is 45.2 Å². The van der Waals surface area contributed by atoms with Gasteiger partial charge in [-0.2, -0.15) is 0 Å². The summed E-state index contributed by atoms with van der Waals surface area (Å²) in [6.45, 7) is 4.79. The van der Waals surface area contributed by atoms with Crippen molar-refractivity contribution in [3.63, 3.8) is 0 Å². The second kappa shape index (κ2) is 10.1. The van der Waals surface area contributed by atoms with Gasteiger partial charge >= 0.3 is 23.9 Å². The van der Waals surface area contributed by atoms with Crippen LogP contribution in [0.4, 0.5) is 0 Å². The smallest absolute Gasteiger partial charge is 0.305 e. The maximum absolute atomic E-state index is 10.9. The van der Waals surface area contributed by atoms with Gasteiger partial charge in [-0.25, -0.2) is 0 Å². The van der Waals surface area contributed by atoms with Gasteiger partial charge in [0.15, 0.2) is 0 Å². The third-order valence-electron chi connectivity index (χ3n) is 1.63. The number of ether oxygens (including phenoxy) is 4. The molecule has 21 heavy (non-hydrogen) atoms. The molecule has 8 nitrogen and oxygen atoms in total. The first kappa shape index (κ1) is 19.3. The van der Waals surface area contributed by atoms with Crippen molar-refractivity contribution in [1.82, 2.24) is 0 Å². The summed E-state index contributed by atoms with van der Waals surface area (Å²) in [7, 11) is -0.123. The molecular weight excluding hydrogens is 316 g/mol. The molecule has 116 valence electrons. The van der Waals surface area contributed by atoms with E-state index in [1.807, 2.05) is 0 Å². The number of esters is 4. The van der Waals surface area contributed by atoms with E-state index in [1.54, 1.807) is 0 Å². The van der Waals surface area contributed by atoms with Gasteiger partial charge in [-0.3, -0.25) is 19.2 Å². The fraction of sp³-hybridized carbons (Fsp3) is 0.636. The van der Waals surface area contributed by atoms with Gasteiger partial charge in [0.25, 0.3) is 0 Å². The minimum absolute atomic E-state index is 0.0615. The highest BCUT2D eigenvalue weighted by Crippen LogP contribution is 2.02. The second-order valence-electron chi connectivity index (χ2n) is 3.69. The fourth-order valence-electron chi connectivity index (χ4n) is 1.04. The fourth-order valence-corrected chi connectivity index (χ4v) is 3.85. The van der Waals surface area contributed by atoms with Crippen molar-refractivity contribution in [3.8, 4) is 0 Å². The van der Waals surface area contributed by atoms with Crippen molar-refractivity contribution in [2.24, 2.45) is 0 Å². The van der Waals surface area contributed by atoms with Crippen molar-refractivity contribution in [3.05, 3.63) is 0 Å². The third-order valence-corrected chi connectivity index (χ3v) is 4.40. The van der Waals surface area contributed by atoms with Crippen LogP contribution in [0.15, 0.2) is 0 Å². The highest BCUT2D eigenvalue weighted by Gasteiger charge is 2.21. The Morgan fingerprint density at radius 1 is 0.667 bits per heavy atom. The Balaban J connectivity index is 4.34. The predicted molar refractivity (Wildman–Crippen MR) is 71.0 cm³/mol. The Labute approximate surface area is 127 Å². The van der Waals surface area contributed by atoms with Gasteiger partial charge in [-0.1, -0.05) is 5.67 Å². The molecule has 0 aliphatic heterocycles. The van der Waals surface area contributed by atoms with Crippen LogP contribution in [0.1, 0.15) is 27.7 Å². The molecule has 4 radical (unpaired) electrons. The lowest BCUT2D eigenvalue weighted by molar-refractivity contribution is -0.172. The number of carbonyl (C=O) groups excluding carboxylic acids is 4. The summed E-state index contributed by atoms with van der Waals surface area (Å²) < 4.78 is 19.3. The Kier molecular flexibility index (Phi) is 9.29. The summed E-state index contributed by atoms with van der Waals surface area (Å²) in [5, 5.41) is 0. The molecule has 0 atom stereocenters. The maximum atomic E-state index is 10.9. The van der Waals surface area contributed by atoms with Gasteiger partial charge in [0, 0.05) is 27.7 Å². The number of carbonyl (C=O) groups is 4. The largest absolute Gasteiger partial charge is 0.431 e. The summed E-state index contributed by atoms with van der Waals surface area (Å²) in [6.07, 6.45) is 0. The van der Waals surface area contributed by atoms with Crippen LogP contribution in [-0.4, -0.2) is 54.7 Å². The van der Waals surface area contributed by atoms with Crippen LogP contribution < -0.4 is 0 Å². The highest BCUT2D eigenvalue weighted by atomic mass is 28.3. The molecule has 0 N–H and O–H groups in total. The first-order valence-corrected chi connectivity index (χ1v) is 8.43. The zero-order valence-corrected chi connectivity index (χ0v) is 14.1. The number of rotatable bonds is 8. The van der Waals surface area contributed by atoms with Gasteiger partial charge < -0.3 is 18.9 Å². The summed E-state index contributed by atoms with van der Waals surface area (Å²) >= 11 is 0. The molecule has 0 aromatic carbocycles. The van der Waals surface area contributed by atoms with E-state index in [0.29, 0.717) is 5.67 Å². The van der Waals surface area contributed by atoms with E-state index in [1.165, 1.54) is 27.7 Å². The van der Waals surface area contributed by atoms with E-state index < -0.39 is 35.7 Å². The van der Waals surface area contributed by atoms with E-state index in [2.05, 4.69) is 0 Å². The van der Waals surface area contributed by atoms with E-state index in [-0.39, 0.29) is 19.0 Å². The van der Waals surface area contributed by atoms with Crippen molar-refractivity contribution >= 4 is 42.9 Å². The number of hydrogen-bond donors (Lipinski definition) is 0. The van der Waals surface area contributed by atoms with Crippen molar-refractivity contribution in [2.75, 3.05) is 0 Å². The third kappa shape index (κ3) is 11.8. The van der Waals surface area contributed by atoms with Gasteiger partial charge in [0.1, 0.15) is 19.0 Å². The topological polar surface area (TPSA) is 105 Å². The average molecular weight is 332 g/mol. The van der Waals surface area contributed by atoms with Gasteiger partial charge in [0.05, 0.1) is 0 Å². The average Bonchev–Trinajstić information content (AvgIpc) is 2.24. The molecule has 0 amide bonds. The maximum Gasteiger partial charge on any atom is 0.305 e. The minimum Gasteiger partial charge on any atom is -0.431 e. The summed E-state index contributed by atoms with van der Waals surface area (Å²) in [5.74, 6) is -4.27. The van der Waals surface area contributed by atoms with Crippen LogP contribution in [-0.2, 0) is 38.1 Å². The molecule has 0 saturated carbocycles. The first-order chi connectivity index (χ1) is 9.70. The van der Waals surface area contributed by atoms with Gasteiger partial charge in [-0.15, -0.1) is 0 Å². The lowest BCUT2D eigenvalue weighted by atomic mass is 10.8. The molecule has 0 aromatic rings. The van der Waals surface area contributed by atoms with Crippen LogP contribution >= 0.6 is 0 Å². The molecule has 0 aliphatic rings. The molecule has 0 saturated heterocycles. The van der Waals surface area contributed by atoms with Crippen LogP contribution in [0.5, 0.6) is 0 Å². The molecule has 0 fully saturated rings. The number of hydrogen-bond acceptors (Lipinski definition) is 8. The summed E-state index contributed by atoms with van der Waals surface area (Å²) in [4.78, 5) is 43.5. The van der Waals surface area contributed by atoms with Crippen LogP contribution in [0.3, 0.4) is 0 Å². The Morgan fingerprint density at radius 2 is 0.905 bits per heavy atom. The molecular formula is C11H16O8Si2. The zero-order valence-electron chi connectivity index (χ0n) is 12.1. The molecule has 0 unspecified atom stereocenters. The molecule has 0 rings (SSSR count). The highest BCUT2D eigenvalue weighted by molar-refractivity contribution is 6.57. The minimum atomic E-state index is -0.984. The molecule has 10 heteroatoms. The summed E-state index contributed by atoms with van der Waals surface area (Å²) in [5.41, 5.74) is 0.399. The monoisotopic (exact) mass is 332 g/mol. The molecule has 0 bridgehead atoms. The van der Waals surface area contributed by atoms with E-state index in [9.17, 15) is 19.2 Å². The normalized spacial score (nSPS) is 10.2. The predicted octanol–water partition coefficient (Wildman–Crippen LogP) is -0.410. The first-order valence-electron chi connectivity index (χ1n) is 5.86. The Morgan fingerprint density at radius 3 is 1.10 bits per heavy atom. The van der Waals surface area contributed by atoms with Crippen LogP contribution in [0.25, 0.3) is 0 Å². The standard InChI is InChI=1S/C11H16O8Si2/c1-6(12)16-10(17-7(2)13)20-5-21-11(18-8(3)14)19-9(4)15/h10-11H,5H2,1-4H3. The molecule has 0 heterocycles. The molecule has 0 aromatic heterocycles. The van der Waals surface area contributed by atoms with Crippen LogP contribution in [0.2, 0.25) is 5.67 Å². The van der Waals surface area contributed by atoms with E-state index in [4.69, 9.17) is 18.9 Å². The lowest BCUT2D eigenvalue weighted by Crippen LogP contribution is -2.33. The lowest BCUT2D eigenvalue weighted by Gasteiger charge is -2.18. The quantitative estimate of drug-likeness (QED) is 0.335. The zero-order chi connectivity index (χ0) is 16.4. The van der Waals surface area contributed by atoms with E-state index >= 15 is 0 Å². The summed E-state index contributed by atoms with van der Waals surface area (Å²) in [6, 6.07) is 0. The van der Waals surface area contributed by atoms with Crippen LogP contribution in [0, 0.1) is 0 Å². The molecule has 0 spiro atoms. The Hall–Kier alpha value is -1.69. The van der Waals surface area contributed by atoms with Crippen molar-refractivity contribution in [1.29, 1.82) is 0 Å². The Bertz CT molecular complexity index is 330. The SMILES string of the molecule is CC(=O)OC(OC(C)=O)[Si]C[Si]C(OC(C)=O)OC(C)=O. The van der Waals surface area contributed by atoms with Gasteiger partial charge in [-0.05, 0) is 0 Å².